The molecular weight excluding hydrogens is 344 g/mol. The Morgan fingerprint density at radius 3 is 2.26 bits per heavy atom. The molecule has 0 saturated carbocycles. The smallest absolute Gasteiger partial charge is 0.287 e. The fourth-order valence-corrected chi connectivity index (χ4v) is 2.75. The third kappa shape index (κ3) is 4.27. The van der Waals surface area contributed by atoms with Crippen LogP contribution in [0.2, 0.25) is 0 Å². The van der Waals surface area contributed by atoms with Crippen LogP contribution in [0, 0.1) is 0 Å². The molecule has 7 heteroatoms. The standard InChI is InChI=1S/C20H18N4O3/c21-19(26)18(25)16(11-13-7-3-1-4-8-13)23-20(27)15-12-22-24-17(15)14-9-5-2-6-10-14/h1-10,12,16H,11H2,(H2,21,26)(H,22,24)(H,23,27)/t16-/m0/s1. The molecule has 0 fully saturated rings. The summed E-state index contributed by atoms with van der Waals surface area (Å²) in [5.74, 6) is -2.46. The van der Waals surface area contributed by atoms with E-state index in [1.54, 1.807) is 12.1 Å². The second-order valence-electron chi connectivity index (χ2n) is 5.96. The molecule has 0 aliphatic rings. The Hall–Kier alpha value is -3.74. The number of rotatable bonds is 7. The molecule has 2 amide bonds. The minimum atomic E-state index is -1.09. The van der Waals surface area contributed by atoms with Crippen LogP contribution in [-0.4, -0.2) is 33.8 Å². The number of amides is 2. The van der Waals surface area contributed by atoms with Crippen LogP contribution in [0.15, 0.2) is 66.9 Å². The van der Waals surface area contributed by atoms with Gasteiger partial charge in [0.2, 0.25) is 5.78 Å². The third-order valence-electron chi connectivity index (χ3n) is 4.08. The molecule has 0 aliphatic heterocycles. The number of nitrogens with two attached hydrogens (primary N) is 1. The van der Waals surface area contributed by atoms with Gasteiger partial charge in [-0.2, -0.15) is 5.10 Å². The molecule has 0 spiro atoms. The molecule has 136 valence electrons. The zero-order valence-corrected chi connectivity index (χ0v) is 14.4. The quantitative estimate of drug-likeness (QED) is 0.552. The van der Waals surface area contributed by atoms with Crippen LogP contribution in [0.1, 0.15) is 15.9 Å². The normalized spacial score (nSPS) is 11.6. The largest absolute Gasteiger partial charge is 0.363 e. The number of carbonyl (C=O) groups is 3. The van der Waals surface area contributed by atoms with E-state index in [0.717, 1.165) is 11.1 Å². The van der Waals surface area contributed by atoms with Crippen molar-refractivity contribution in [3.05, 3.63) is 78.0 Å². The number of ketones is 1. The molecule has 27 heavy (non-hydrogen) atoms. The van der Waals surface area contributed by atoms with E-state index in [4.69, 9.17) is 5.73 Å². The van der Waals surface area contributed by atoms with Crippen LogP contribution in [0.25, 0.3) is 11.3 Å². The number of carbonyl (C=O) groups excluding carboxylic acids is 3. The molecule has 2 aromatic carbocycles. The minimum Gasteiger partial charge on any atom is -0.363 e. The highest BCUT2D eigenvalue weighted by atomic mass is 16.2. The summed E-state index contributed by atoms with van der Waals surface area (Å²) in [5.41, 5.74) is 7.43. The Balaban J connectivity index is 1.84. The molecular formula is C20H18N4O3. The Kier molecular flexibility index (Phi) is 5.41. The number of nitrogens with one attached hydrogen (secondary N) is 2. The highest BCUT2D eigenvalue weighted by Gasteiger charge is 2.27. The number of aromatic amines is 1. The molecule has 1 aromatic heterocycles. The van der Waals surface area contributed by atoms with E-state index in [1.165, 1.54) is 6.20 Å². The summed E-state index contributed by atoms with van der Waals surface area (Å²) < 4.78 is 0. The lowest BCUT2D eigenvalue weighted by atomic mass is 10.0. The number of hydrogen-bond acceptors (Lipinski definition) is 4. The van der Waals surface area contributed by atoms with Gasteiger partial charge in [-0.25, -0.2) is 0 Å². The maximum atomic E-state index is 12.8. The first kappa shape index (κ1) is 18.1. The number of H-pyrrole nitrogens is 1. The van der Waals surface area contributed by atoms with Crippen LogP contribution in [0.3, 0.4) is 0 Å². The van der Waals surface area contributed by atoms with Crippen molar-refractivity contribution >= 4 is 17.6 Å². The van der Waals surface area contributed by atoms with E-state index in [1.807, 2.05) is 48.5 Å². The molecule has 0 aliphatic carbocycles. The topological polar surface area (TPSA) is 118 Å². The second kappa shape index (κ2) is 8.09. The molecule has 1 heterocycles. The lowest BCUT2D eigenvalue weighted by Gasteiger charge is -2.16. The Bertz CT molecular complexity index is 952. The van der Waals surface area contributed by atoms with Crippen LogP contribution >= 0.6 is 0 Å². The SMILES string of the molecule is NC(=O)C(=O)[C@H](Cc1ccccc1)NC(=O)c1c[nH]nc1-c1ccccc1. The van der Waals surface area contributed by atoms with Crippen LogP contribution < -0.4 is 11.1 Å². The van der Waals surface area contributed by atoms with E-state index >= 15 is 0 Å². The summed E-state index contributed by atoms with van der Waals surface area (Å²) in [5, 5.41) is 9.39. The Morgan fingerprint density at radius 1 is 1.00 bits per heavy atom. The summed E-state index contributed by atoms with van der Waals surface area (Å²) in [6.07, 6.45) is 1.61. The lowest BCUT2D eigenvalue weighted by molar-refractivity contribution is -0.137. The summed E-state index contributed by atoms with van der Waals surface area (Å²) in [6, 6.07) is 17.2. The maximum Gasteiger partial charge on any atom is 0.287 e. The van der Waals surface area contributed by atoms with Gasteiger partial charge in [-0.05, 0) is 5.56 Å². The summed E-state index contributed by atoms with van der Waals surface area (Å²) in [7, 11) is 0. The number of hydrogen-bond donors (Lipinski definition) is 3. The number of nitrogens with zero attached hydrogens (tertiary/aromatic N) is 1. The first-order valence-corrected chi connectivity index (χ1v) is 8.34. The van der Waals surface area contributed by atoms with Gasteiger partial charge in [-0.1, -0.05) is 60.7 Å². The molecule has 4 N–H and O–H groups in total. The average Bonchev–Trinajstić information content (AvgIpc) is 3.18. The molecule has 3 rings (SSSR count). The highest BCUT2D eigenvalue weighted by Crippen LogP contribution is 2.20. The third-order valence-corrected chi connectivity index (χ3v) is 4.08. The molecule has 0 radical (unpaired) electrons. The highest BCUT2D eigenvalue weighted by molar-refractivity contribution is 6.38. The van der Waals surface area contributed by atoms with E-state index in [0.29, 0.717) is 5.69 Å². The first-order chi connectivity index (χ1) is 13.1. The van der Waals surface area contributed by atoms with Gasteiger partial charge in [0.05, 0.1) is 5.56 Å². The van der Waals surface area contributed by atoms with Gasteiger partial charge in [0.1, 0.15) is 11.7 Å². The number of benzene rings is 2. The summed E-state index contributed by atoms with van der Waals surface area (Å²) >= 11 is 0. The minimum absolute atomic E-state index is 0.160. The van der Waals surface area contributed by atoms with Gasteiger partial charge in [0, 0.05) is 18.2 Å². The first-order valence-electron chi connectivity index (χ1n) is 8.34. The molecule has 1 atom stereocenters. The van der Waals surface area contributed by atoms with Crippen molar-refractivity contribution < 1.29 is 14.4 Å². The average molecular weight is 362 g/mol. The van der Waals surface area contributed by atoms with Crippen molar-refractivity contribution in [3.8, 4) is 11.3 Å². The molecule has 0 saturated heterocycles. The molecule has 7 nitrogen and oxygen atoms in total. The Morgan fingerprint density at radius 2 is 1.63 bits per heavy atom. The van der Waals surface area contributed by atoms with Gasteiger partial charge < -0.3 is 11.1 Å². The van der Waals surface area contributed by atoms with Crippen molar-refractivity contribution in [2.24, 2.45) is 5.73 Å². The molecule has 3 aromatic rings. The van der Waals surface area contributed by atoms with Crippen molar-refractivity contribution in [3.63, 3.8) is 0 Å². The second-order valence-corrected chi connectivity index (χ2v) is 5.96. The van der Waals surface area contributed by atoms with Crippen LogP contribution in [-0.2, 0) is 16.0 Å². The van der Waals surface area contributed by atoms with Gasteiger partial charge in [-0.15, -0.1) is 0 Å². The van der Waals surface area contributed by atoms with Crippen molar-refractivity contribution in [1.29, 1.82) is 0 Å². The van der Waals surface area contributed by atoms with Crippen molar-refractivity contribution in [2.75, 3.05) is 0 Å². The van der Waals surface area contributed by atoms with Crippen LogP contribution in [0.4, 0.5) is 0 Å². The van der Waals surface area contributed by atoms with E-state index in [2.05, 4.69) is 15.5 Å². The molecule has 0 unspecified atom stereocenters. The summed E-state index contributed by atoms with van der Waals surface area (Å²) in [6.45, 7) is 0. The zero-order chi connectivity index (χ0) is 19.2. The lowest BCUT2D eigenvalue weighted by Crippen LogP contribution is -2.47. The zero-order valence-electron chi connectivity index (χ0n) is 14.4. The monoisotopic (exact) mass is 362 g/mol. The van der Waals surface area contributed by atoms with Gasteiger partial charge in [0.15, 0.2) is 0 Å². The predicted octanol–water partition coefficient (Wildman–Crippen LogP) is 1.47. The fraction of sp³-hybridized carbons (Fsp3) is 0.100. The number of primary amides is 1. The Labute approximate surface area is 155 Å². The predicted molar refractivity (Wildman–Crippen MR) is 99.6 cm³/mol. The van der Waals surface area contributed by atoms with E-state index < -0.39 is 23.6 Å². The fourth-order valence-electron chi connectivity index (χ4n) is 2.75. The van der Waals surface area contributed by atoms with Crippen molar-refractivity contribution in [2.45, 2.75) is 12.5 Å². The maximum absolute atomic E-state index is 12.8. The van der Waals surface area contributed by atoms with Gasteiger partial charge in [0.25, 0.3) is 11.8 Å². The van der Waals surface area contributed by atoms with Crippen molar-refractivity contribution in [1.82, 2.24) is 15.5 Å². The molecule has 0 bridgehead atoms. The van der Waals surface area contributed by atoms with E-state index in [-0.39, 0.29) is 12.0 Å². The van der Waals surface area contributed by atoms with Crippen LogP contribution in [0.5, 0.6) is 0 Å². The summed E-state index contributed by atoms with van der Waals surface area (Å²) in [4.78, 5) is 36.3. The van der Waals surface area contributed by atoms with Gasteiger partial charge in [-0.3, -0.25) is 19.5 Å². The number of aromatic nitrogens is 2. The number of Topliss-reactive ketones (excluding diaryl/α,β-unsaturated/α-hetero) is 1. The van der Waals surface area contributed by atoms with Gasteiger partial charge >= 0.3 is 0 Å². The van der Waals surface area contributed by atoms with E-state index in [9.17, 15) is 14.4 Å².